The Balaban J connectivity index is 0.00000624. The van der Waals surface area contributed by atoms with Gasteiger partial charge in [0, 0.05) is 72.5 Å². The summed E-state index contributed by atoms with van der Waals surface area (Å²) in [6, 6.07) is 48.5. The molecule has 0 amide bonds. The zero-order valence-electron chi connectivity index (χ0n) is 43.8. The van der Waals surface area contributed by atoms with E-state index in [-0.39, 0.29) is 67.0 Å². The molecular formula is C60H55N4OPt-3. The van der Waals surface area contributed by atoms with Crippen LogP contribution in [0.2, 0.25) is 0 Å². The van der Waals surface area contributed by atoms with E-state index in [1.807, 2.05) is 79.6 Å². The standard InChI is InChI=1S/C60H55N4O.Pt/c1-58(2,3)42-22-17-21-41(33-42)51-35-44(60(7,8)9)34-50(40-19-11-10-12-20-40)57(51)63-39-62(53-27-15-16-28-54(53)63)45-23-18-24-46(37-45)65-47-29-30-49-48-25-13-14-26-52(48)64(55(49)38-47)56-36-43(31-32-61-56)59(4,5)6;/h10-36,39H,1-9H3;/q-3;/i10D,11D,12D,19D,20D;. The van der Waals surface area contributed by atoms with Gasteiger partial charge in [-0.25, -0.2) is 4.98 Å². The Morgan fingerprint density at radius 1 is 0.561 bits per heavy atom. The summed E-state index contributed by atoms with van der Waals surface area (Å²) >= 11 is 0. The molecule has 0 N–H and O–H groups in total. The number of ether oxygens (including phenoxy) is 1. The van der Waals surface area contributed by atoms with Crippen LogP contribution in [0.4, 0.5) is 22.7 Å². The number of hydrogen-bond donors (Lipinski definition) is 0. The summed E-state index contributed by atoms with van der Waals surface area (Å²) in [5.41, 5.74) is 10.1. The molecule has 0 atom stereocenters. The third kappa shape index (κ3) is 8.35. The first kappa shape index (κ1) is 38.8. The molecule has 0 aliphatic carbocycles. The second kappa shape index (κ2) is 17.1. The third-order valence-corrected chi connectivity index (χ3v) is 12.3. The first-order chi connectivity index (χ1) is 33.2. The maximum Gasteiger partial charge on any atom is 0.135 e. The van der Waals surface area contributed by atoms with Crippen LogP contribution in [0, 0.1) is 18.8 Å². The van der Waals surface area contributed by atoms with Crippen LogP contribution in [0.5, 0.6) is 11.5 Å². The molecule has 0 saturated carbocycles. The molecule has 2 aromatic heterocycles. The van der Waals surface area contributed by atoms with Gasteiger partial charge < -0.3 is 19.1 Å². The van der Waals surface area contributed by atoms with Gasteiger partial charge in [0.15, 0.2) is 0 Å². The largest absolute Gasteiger partial charge is 0.509 e. The van der Waals surface area contributed by atoms with Gasteiger partial charge in [0.1, 0.15) is 5.82 Å². The Morgan fingerprint density at radius 3 is 1.92 bits per heavy atom. The van der Waals surface area contributed by atoms with Gasteiger partial charge in [0.05, 0.1) is 6.85 Å². The molecule has 0 spiro atoms. The molecule has 0 radical (unpaired) electrons. The first-order valence-electron chi connectivity index (χ1n) is 24.7. The SMILES string of the molecule is [2H]c1c([2H])c([2H])c(-c2cc(C(C)(C)C)cc(-c3cccc(C(C)(C)C)c3)c2N2[CH-]N(c3[c-]c(Oc4[c-]c5c(cc4)c4ccccc4n5-c4cc(C(C)(C)C)ccn4)ccc3)c3ccccc32)c([2H])c1[2H].[Pt]. The molecule has 6 heteroatoms. The number of anilines is 4. The smallest absolute Gasteiger partial charge is 0.135 e. The van der Waals surface area contributed by atoms with Gasteiger partial charge in [-0.1, -0.05) is 153 Å². The van der Waals surface area contributed by atoms with Crippen LogP contribution in [-0.2, 0) is 37.3 Å². The fourth-order valence-electron chi connectivity index (χ4n) is 8.69. The van der Waals surface area contributed by atoms with Gasteiger partial charge in [0.2, 0.25) is 0 Å². The molecule has 3 heterocycles. The number of hydrogen-bond acceptors (Lipinski definition) is 4. The first-order valence-corrected chi connectivity index (χ1v) is 22.2. The maximum atomic E-state index is 9.31. The maximum absolute atomic E-state index is 9.31. The summed E-state index contributed by atoms with van der Waals surface area (Å²) < 4.78 is 53.6. The normalized spacial score (nSPS) is 14.0. The summed E-state index contributed by atoms with van der Waals surface area (Å²) in [7, 11) is 0. The minimum absolute atomic E-state index is 0. The topological polar surface area (TPSA) is 33.5 Å². The van der Waals surface area contributed by atoms with Gasteiger partial charge in [0.25, 0.3) is 0 Å². The summed E-state index contributed by atoms with van der Waals surface area (Å²) in [4.78, 5) is 8.98. The molecule has 1 aliphatic heterocycles. The van der Waals surface area contributed by atoms with Crippen LogP contribution in [0.25, 0.3) is 49.9 Å². The van der Waals surface area contributed by atoms with Crippen molar-refractivity contribution in [3.05, 3.63) is 199 Å². The van der Waals surface area contributed by atoms with Crippen LogP contribution < -0.4 is 14.5 Å². The number of nitrogens with zero attached hydrogens (tertiary/aromatic N) is 4. The van der Waals surface area contributed by atoms with E-state index in [1.165, 1.54) is 5.56 Å². The van der Waals surface area contributed by atoms with Crippen LogP contribution in [-0.4, -0.2) is 9.55 Å². The van der Waals surface area contributed by atoms with Crippen molar-refractivity contribution in [3.63, 3.8) is 0 Å². The monoisotopic (exact) mass is 1050 g/mol. The van der Waals surface area contributed by atoms with Gasteiger partial charge >= 0.3 is 0 Å². The van der Waals surface area contributed by atoms with Crippen molar-refractivity contribution < 1.29 is 32.7 Å². The summed E-state index contributed by atoms with van der Waals surface area (Å²) in [5, 5.41) is 2.13. The molecule has 66 heavy (non-hydrogen) atoms. The van der Waals surface area contributed by atoms with Gasteiger partial charge in [-0.2, -0.15) is 12.1 Å². The molecule has 9 aromatic rings. The van der Waals surface area contributed by atoms with Gasteiger partial charge in [-0.15, -0.1) is 48.1 Å². The number of aromatic nitrogens is 2. The summed E-state index contributed by atoms with van der Waals surface area (Å²) in [5.74, 6) is 1.82. The predicted octanol–water partition coefficient (Wildman–Crippen LogP) is 16.2. The minimum atomic E-state index is -0.435. The van der Waals surface area contributed by atoms with Crippen molar-refractivity contribution in [2.45, 2.75) is 78.6 Å². The number of para-hydroxylation sites is 3. The van der Waals surface area contributed by atoms with Crippen LogP contribution >= 0.6 is 0 Å². The summed E-state index contributed by atoms with van der Waals surface area (Å²) in [6.07, 6.45) is 1.87. The Kier molecular flexibility index (Phi) is 10.1. The Labute approximate surface area is 412 Å². The van der Waals surface area contributed by atoms with E-state index >= 15 is 0 Å². The van der Waals surface area contributed by atoms with Gasteiger partial charge in [-0.3, -0.25) is 0 Å². The van der Waals surface area contributed by atoms with Gasteiger partial charge in [-0.05, 0) is 91.9 Å². The Bertz CT molecular complexity index is 3520. The number of rotatable bonds is 7. The van der Waals surface area contributed by atoms with E-state index in [1.54, 1.807) is 0 Å². The van der Waals surface area contributed by atoms with E-state index < -0.39 is 6.04 Å². The molecule has 334 valence electrons. The van der Waals surface area contributed by atoms with Crippen LogP contribution in [0.1, 0.15) is 85.9 Å². The Hall–Kier alpha value is -6.42. The number of fused-ring (bicyclic) bond motifs is 4. The van der Waals surface area contributed by atoms with Crippen molar-refractivity contribution in [2.24, 2.45) is 0 Å². The van der Waals surface area contributed by atoms with Crippen molar-refractivity contribution in [3.8, 4) is 39.6 Å². The zero-order valence-corrected chi connectivity index (χ0v) is 41.1. The van der Waals surface area contributed by atoms with Crippen LogP contribution in [0.3, 0.4) is 0 Å². The predicted molar refractivity (Wildman–Crippen MR) is 271 cm³/mol. The molecule has 7 aromatic carbocycles. The Morgan fingerprint density at radius 2 is 1.20 bits per heavy atom. The van der Waals surface area contributed by atoms with Crippen molar-refractivity contribution in [1.29, 1.82) is 0 Å². The molecule has 0 unspecified atom stereocenters. The van der Waals surface area contributed by atoms with E-state index in [0.717, 1.165) is 61.3 Å². The second-order valence-corrected chi connectivity index (χ2v) is 19.9. The zero-order chi connectivity index (χ0) is 49.6. The minimum Gasteiger partial charge on any atom is -0.509 e. The fourth-order valence-corrected chi connectivity index (χ4v) is 8.69. The molecule has 10 rings (SSSR count). The van der Waals surface area contributed by atoms with Crippen molar-refractivity contribution >= 4 is 44.6 Å². The van der Waals surface area contributed by atoms with E-state index in [2.05, 4.69) is 149 Å². The average Bonchev–Trinajstić information content (AvgIpc) is 3.88. The summed E-state index contributed by atoms with van der Waals surface area (Å²) in [6.45, 7) is 21.6. The van der Waals surface area contributed by atoms with E-state index in [0.29, 0.717) is 28.4 Å². The fraction of sp³-hybridized carbons (Fsp3) is 0.200. The van der Waals surface area contributed by atoms with Crippen LogP contribution in [0.15, 0.2) is 164 Å². The molecule has 5 nitrogen and oxygen atoms in total. The quantitative estimate of drug-likeness (QED) is 0.149. The third-order valence-electron chi connectivity index (χ3n) is 12.3. The molecular weight excluding hydrogens is 988 g/mol. The molecule has 0 fully saturated rings. The number of pyridine rings is 1. The molecule has 1 aliphatic rings. The van der Waals surface area contributed by atoms with E-state index in [4.69, 9.17) is 13.8 Å². The average molecular weight is 1050 g/mol. The number of benzene rings is 7. The molecule has 0 bridgehead atoms. The van der Waals surface area contributed by atoms with E-state index in [9.17, 15) is 2.74 Å². The van der Waals surface area contributed by atoms with Crippen molar-refractivity contribution in [2.75, 3.05) is 9.80 Å². The molecule has 0 saturated heterocycles. The van der Waals surface area contributed by atoms with Crippen molar-refractivity contribution in [1.82, 2.24) is 9.55 Å². The second-order valence-electron chi connectivity index (χ2n) is 19.9.